The number of piperidine rings is 1. The summed E-state index contributed by atoms with van der Waals surface area (Å²) in [4.78, 5) is 29.3. The van der Waals surface area contributed by atoms with Crippen LogP contribution < -0.4 is 24.8 Å². The van der Waals surface area contributed by atoms with Crippen LogP contribution in [0.3, 0.4) is 0 Å². The summed E-state index contributed by atoms with van der Waals surface area (Å²) >= 11 is 0. The third-order valence-corrected chi connectivity index (χ3v) is 9.19. The Morgan fingerprint density at radius 1 is 0.864 bits per heavy atom. The van der Waals surface area contributed by atoms with Crippen molar-refractivity contribution in [2.45, 2.75) is 36.5 Å². The van der Waals surface area contributed by atoms with Gasteiger partial charge in [-0.1, -0.05) is 36.4 Å². The van der Waals surface area contributed by atoms with Gasteiger partial charge in [0.25, 0.3) is 5.91 Å². The molecule has 2 aliphatic rings. The van der Waals surface area contributed by atoms with Crippen molar-refractivity contribution in [1.82, 2.24) is 15.5 Å². The van der Waals surface area contributed by atoms with Crippen molar-refractivity contribution in [2.75, 3.05) is 54.1 Å². The first-order chi connectivity index (χ1) is 21.3. The Kier molecular flexibility index (Phi) is 9.39. The topological polar surface area (TPSA) is 89.1 Å². The summed E-state index contributed by atoms with van der Waals surface area (Å²) in [6, 6.07) is 16.9. The summed E-state index contributed by atoms with van der Waals surface area (Å²) in [6.45, 7) is 2.43. The molecule has 0 aliphatic carbocycles. The highest BCUT2D eigenvalue weighted by atomic mass is 19.2. The zero-order chi connectivity index (χ0) is 31.3. The van der Waals surface area contributed by atoms with E-state index in [9.17, 15) is 18.4 Å². The zero-order valence-electron chi connectivity index (χ0n) is 25.4. The van der Waals surface area contributed by atoms with Crippen LogP contribution in [0.1, 0.15) is 47.2 Å². The van der Waals surface area contributed by atoms with Crippen molar-refractivity contribution >= 4 is 11.8 Å². The third kappa shape index (κ3) is 5.95. The van der Waals surface area contributed by atoms with E-state index in [4.69, 9.17) is 14.2 Å². The van der Waals surface area contributed by atoms with Crippen LogP contribution in [0, 0.1) is 11.6 Å². The standard InChI is InChI=1S/C34H39F2N3O5/c1-42-28-19-23(20-29(43-2)30(28)44-3)31(40)39-18-14-33(22-39,25-9-10-26(35)27(36)21-25)11-17-38-32(41)34(12-15-37-16-13-34)24-7-5-4-6-8-24/h4-10,19-21,37H,11-18,22H2,1-3H3,(H,38,41). The molecule has 1 atom stereocenters. The average molecular weight is 608 g/mol. The lowest BCUT2D eigenvalue weighted by Gasteiger charge is -2.37. The number of nitrogens with zero attached hydrogens (tertiary/aromatic N) is 1. The molecule has 3 aromatic rings. The number of carbonyl (C=O) groups is 2. The largest absolute Gasteiger partial charge is 0.493 e. The first kappa shape index (κ1) is 31.3. The van der Waals surface area contributed by atoms with Crippen molar-refractivity contribution in [3.8, 4) is 17.2 Å². The van der Waals surface area contributed by atoms with Gasteiger partial charge in [-0.3, -0.25) is 9.59 Å². The number of benzene rings is 3. The summed E-state index contributed by atoms with van der Waals surface area (Å²) in [5.74, 6) is -1.09. The van der Waals surface area contributed by atoms with Crippen LogP contribution in [0.2, 0.25) is 0 Å². The predicted molar refractivity (Wildman–Crippen MR) is 163 cm³/mol. The van der Waals surface area contributed by atoms with Crippen molar-refractivity contribution < 1.29 is 32.6 Å². The molecular weight excluding hydrogens is 568 g/mol. The molecule has 1 unspecified atom stereocenters. The number of likely N-dealkylation sites (tertiary alicyclic amines) is 1. The average Bonchev–Trinajstić information content (AvgIpc) is 3.50. The fourth-order valence-electron chi connectivity index (χ4n) is 6.69. The summed E-state index contributed by atoms with van der Waals surface area (Å²) in [7, 11) is 4.45. The number of halogens is 2. The molecular formula is C34H39F2N3O5. The molecule has 5 rings (SSSR count). The molecule has 0 radical (unpaired) electrons. The first-order valence-electron chi connectivity index (χ1n) is 14.9. The van der Waals surface area contributed by atoms with Crippen LogP contribution in [0.4, 0.5) is 8.78 Å². The van der Waals surface area contributed by atoms with Gasteiger partial charge in [0.15, 0.2) is 23.1 Å². The van der Waals surface area contributed by atoms with Crippen molar-refractivity contribution in [1.29, 1.82) is 0 Å². The number of ether oxygens (including phenoxy) is 3. The molecule has 3 aromatic carbocycles. The van der Waals surface area contributed by atoms with Crippen LogP contribution in [-0.2, 0) is 15.6 Å². The lowest BCUT2D eigenvalue weighted by atomic mass is 9.72. The second-order valence-corrected chi connectivity index (χ2v) is 11.5. The Bertz CT molecular complexity index is 1470. The van der Waals surface area contributed by atoms with Crippen molar-refractivity contribution in [3.05, 3.63) is 89.0 Å². The normalized spacial score (nSPS) is 19.3. The van der Waals surface area contributed by atoms with Crippen LogP contribution in [0.25, 0.3) is 0 Å². The minimum Gasteiger partial charge on any atom is -0.493 e. The molecule has 0 bridgehead atoms. The molecule has 2 amide bonds. The van der Waals surface area contributed by atoms with Gasteiger partial charge in [-0.2, -0.15) is 0 Å². The molecule has 2 N–H and O–H groups in total. The highest BCUT2D eigenvalue weighted by Crippen LogP contribution is 2.42. The first-order valence-corrected chi connectivity index (χ1v) is 14.9. The lowest BCUT2D eigenvalue weighted by Crippen LogP contribution is -2.51. The van der Waals surface area contributed by atoms with Gasteiger partial charge in [0, 0.05) is 30.6 Å². The molecule has 10 heteroatoms. The number of hydrogen-bond donors (Lipinski definition) is 2. The van der Waals surface area contributed by atoms with E-state index in [1.54, 1.807) is 23.1 Å². The number of carbonyl (C=O) groups excluding carboxylic acids is 2. The van der Waals surface area contributed by atoms with Crippen LogP contribution in [0.5, 0.6) is 17.2 Å². The van der Waals surface area contributed by atoms with Crippen LogP contribution in [0.15, 0.2) is 60.7 Å². The van der Waals surface area contributed by atoms with E-state index in [1.807, 2.05) is 30.3 Å². The van der Waals surface area contributed by atoms with Gasteiger partial charge in [-0.05, 0) is 74.2 Å². The SMILES string of the molecule is COc1cc(C(=O)N2CCC(CCNC(=O)C3(c4ccccc4)CCNCC3)(c3ccc(F)c(F)c3)C2)cc(OC)c1OC. The van der Waals surface area contributed by atoms with Gasteiger partial charge in [0.05, 0.1) is 26.7 Å². The zero-order valence-corrected chi connectivity index (χ0v) is 25.4. The minimum atomic E-state index is -0.946. The van der Waals surface area contributed by atoms with Gasteiger partial charge in [-0.15, -0.1) is 0 Å². The third-order valence-electron chi connectivity index (χ3n) is 9.19. The van der Waals surface area contributed by atoms with Gasteiger partial charge >= 0.3 is 0 Å². The maximum Gasteiger partial charge on any atom is 0.254 e. The molecule has 234 valence electrons. The fourth-order valence-corrected chi connectivity index (χ4v) is 6.69. The Balaban J connectivity index is 1.39. The smallest absolute Gasteiger partial charge is 0.254 e. The van der Waals surface area contributed by atoms with E-state index in [2.05, 4.69) is 10.6 Å². The van der Waals surface area contributed by atoms with Crippen molar-refractivity contribution in [2.24, 2.45) is 0 Å². The Labute approximate surface area is 256 Å². The Morgan fingerprint density at radius 3 is 2.16 bits per heavy atom. The van der Waals surface area contributed by atoms with Crippen LogP contribution >= 0.6 is 0 Å². The monoisotopic (exact) mass is 607 g/mol. The Morgan fingerprint density at radius 2 is 1.55 bits per heavy atom. The number of amides is 2. The number of methoxy groups -OCH3 is 3. The fraction of sp³-hybridized carbons (Fsp3) is 0.412. The maximum atomic E-state index is 14.5. The Hall–Kier alpha value is -4.18. The number of rotatable bonds is 10. The molecule has 2 aliphatic heterocycles. The van der Waals surface area contributed by atoms with E-state index in [0.29, 0.717) is 67.1 Å². The van der Waals surface area contributed by atoms with Gasteiger partial charge in [0.1, 0.15) is 0 Å². The summed E-state index contributed by atoms with van der Waals surface area (Å²) in [5, 5.41) is 6.52. The maximum absolute atomic E-state index is 14.5. The summed E-state index contributed by atoms with van der Waals surface area (Å²) in [6.07, 6.45) is 2.30. The molecule has 0 aromatic heterocycles. The highest BCUT2D eigenvalue weighted by Gasteiger charge is 2.44. The number of hydrogen-bond acceptors (Lipinski definition) is 6. The van der Waals surface area contributed by atoms with E-state index >= 15 is 0 Å². The van der Waals surface area contributed by atoms with Gasteiger partial charge in [0.2, 0.25) is 11.7 Å². The molecule has 0 saturated carbocycles. The predicted octanol–water partition coefficient (Wildman–Crippen LogP) is 4.60. The van der Waals surface area contributed by atoms with E-state index < -0.39 is 22.5 Å². The van der Waals surface area contributed by atoms with E-state index in [-0.39, 0.29) is 18.4 Å². The van der Waals surface area contributed by atoms with Crippen molar-refractivity contribution in [3.63, 3.8) is 0 Å². The lowest BCUT2D eigenvalue weighted by molar-refractivity contribution is -0.127. The molecule has 2 fully saturated rings. The van der Waals surface area contributed by atoms with Gasteiger partial charge < -0.3 is 29.7 Å². The molecule has 8 nitrogen and oxygen atoms in total. The quantitative estimate of drug-likeness (QED) is 0.350. The van der Waals surface area contributed by atoms with E-state index in [0.717, 1.165) is 24.7 Å². The molecule has 0 spiro atoms. The number of nitrogens with one attached hydrogen (secondary N) is 2. The highest BCUT2D eigenvalue weighted by molar-refractivity contribution is 5.96. The minimum absolute atomic E-state index is 0.0472. The molecule has 2 saturated heterocycles. The molecule has 2 heterocycles. The summed E-state index contributed by atoms with van der Waals surface area (Å²) in [5.41, 5.74) is 0.574. The summed E-state index contributed by atoms with van der Waals surface area (Å²) < 4.78 is 44.8. The van der Waals surface area contributed by atoms with Crippen LogP contribution in [-0.4, -0.2) is 70.8 Å². The van der Waals surface area contributed by atoms with Gasteiger partial charge in [-0.25, -0.2) is 8.78 Å². The van der Waals surface area contributed by atoms with E-state index in [1.165, 1.54) is 27.4 Å². The second-order valence-electron chi connectivity index (χ2n) is 11.5. The second kappa shape index (κ2) is 13.2. The molecule has 44 heavy (non-hydrogen) atoms.